The van der Waals surface area contributed by atoms with Crippen LogP contribution in [0.5, 0.6) is 5.75 Å². The number of para-hydroxylation sites is 1. The molecule has 0 aliphatic carbocycles. The van der Waals surface area contributed by atoms with Gasteiger partial charge in [0.15, 0.2) is 17.9 Å². The van der Waals surface area contributed by atoms with Crippen molar-refractivity contribution in [3.8, 4) is 5.75 Å². The van der Waals surface area contributed by atoms with Crippen molar-refractivity contribution in [2.75, 3.05) is 0 Å². The van der Waals surface area contributed by atoms with E-state index in [0.29, 0.717) is 5.75 Å². The Kier molecular flexibility index (Phi) is 3.67. The number of benzene rings is 2. The van der Waals surface area contributed by atoms with Crippen molar-refractivity contribution in [3.63, 3.8) is 0 Å². The van der Waals surface area contributed by atoms with Crippen LogP contribution in [0.4, 0.5) is 8.78 Å². The molecule has 2 rings (SSSR count). The van der Waals surface area contributed by atoms with E-state index < -0.39 is 11.6 Å². The van der Waals surface area contributed by atoms with Gasteiger partial charge in [0.2, 0.25) is 0 Å². The average molecular weight is 248 g/mol. The van der Waals surface area contributed by atoms with Crippen molar-refractivity contribution < 1.29 is 18.3 Å². The number of rotatable bonds is 4. The predicted octanol–water partition coefficient (Wildman–Crippen LogP) is 3.36. The standard InChI is InChI=1S/C14H10F2O2/c15-13-10(8-17)6-7-11(14(13)16)9-18-12-4-2-1-3-5-12/h1-8H,9H2. The van der Waals surface area contributed by atoms with Crippen molar-refractivity contribution in [3.05, 3.63) is 65.2 Å². The Labute approximate surface area is 103 Å². The van der Waals surface area contributed by atoms with Gasteiger partial charge in [-0.3, -0.25) is 4.79 Å². The maximum atomic E-state index is 13.5. The second-order valence-electron chi connectivity index (χ2n) is 3.66. The molecule has 0 saturated heterocycles. The summed E-state index contributed by atoms with van der Waals surface area (Å²) in [6.45, 7) is -0.0914. The Morgan fingerprint density at radius 3 is 2.39 bits per heavy atom. The summed E-state index contributed by atoms with van der Waals surface area (Å²) in [7, 11) is 0. The molecule has 0 N–H and O–H groups in total. The summed E-state index contributed by atoms with van der Waals surface area (Å²) in [5.74, 6) is -1.62. The number of carbonyl (C=O) groups excluding carboxylic acids is 1. The van der Waals surface area contributed by atoms with Crippen LogP contribution in [0.3, 0.4) is 0 Å². The van der Waals surface area contributed by atoms with Crippen LogP contribution in [-0.4, -0.2) is 6.29 Å². The van der Waals surface area contributed by atoms with Crippen LogP contribution in [0.25, 0.3) is 0 Å². The van der Waals surface area contributed by atoms with Gasteiger partial charge >= 0.3 is 0 Å². The van der Waals surface area contributed by atoms with Gasteiger partial charge in [0.1, 0.15) is 12.4 Å². The lowest BCUT2D eigenvalue weighted by atomic mass is 10.1. The fraction of sp³-hybridized carbons (Fsp3) is 0.0714. The third kappa shape index (κ3) is 2.53. The summed E-state index contributed by atoms with van der Waals surface area (Å²) < 4.78 is 32.2. The molecule has 92 valence electrons. The van der Waals surface area contributed by atoms with E-state index >= 15 is 0 Å². The minimum atomic E-state index is -1.14. The molecule has 0 spiro atoms. The van der Waals surface area contributed by atoms with E-state index in [2.05, 4.69) is 0 Å². The van der Waals surface area contributed by atoms with Crippen molar-refractivity contribution >= 4 is 6.29 Å². The second kappa shape index (κ2) is 5.40. The fourth-order valence-corrected chi connectivity index (χ4v) is 1.48. The quantitative estimate of drug-likeness (QED) is 0.775. The van der Waals surface area contributed by atoms with Crippen molar-refractivity contribution in [2.45, 2.75) is 6.61 Å². The molecule has 0 aliphatic rings. The van der Waals surface area contributed by atoms with Gasteiger partial charge < -0.3 is 4.74 Å². The predicted molar refractivity (Wildman–Crippen MR) is 62.5 cm³/mol. The molecule has 0 aliphatic heterocycles. The van der Waals surface area contributed by atoms with Crippen LogP contribution in [0.1, 0.15) is 15.9 Å². The SMILES string of the molecule is O=Cc1ccc(COc2ccccc2)c(F)c1F. The van der Waals surface area contributed by atoms with Gasteiger partial charge in [-0.2, -0.15) is 0 Å². The maximum Gasteiger partial charge on any atom is 0.169 e. The number of ether oxygens (including phenoxy) is 1. The van der Waals surface area contributed by atoms with Crippen LogP contribution in [0.15, 0.2) is 42.5 Å². The zero-order valence-electron chi connectivity index (χ0n) is 9.40. The lowest BCUT2D eigenvalue weighted by Gasteiger charge is -2.08. The molecule has 2 aromatic rings. The van der Waals surface area contributed by atoms with Crippen LogP contribution in [-0.2, 0) is 6.61 Å². The first-order chi connectivity index (χ1) is 8.72. The molecule has 0 amide bonds. The highest BCUT2D eigenvalue weighted by molar-refractivity contribution is 5.75. The molecule has 2 nitrogen and oxygen atoms in total. The number of hydrogen-bond acceptors (Lipinski definition) is 2. The van der Waals surface area contributed by atoms with E-state index in [9.17, 15) is 13.6 Å². The molecule has 4 heteroatoms. The highest BCUT2D eigenvalue weighted by atomic mass is 19.2. The zero-order valence-corrected chi connectivity index (χ0v) is 9.40. The number of aldehydes is 1. The first-order valence-corrected chi connectivity index (χ1v) is 5.32. The number of halogens is 2. The third-order valence-electron chi connectivity index (χ3n) is 2.46. The maximum absolute atomic E-state index is 13.5. The Morgan fingerprint density at radius 2 is 1.72 bits per heavy atom. The molecule has 0 aromatic heterocycles. The van der Waals surface area contributed by atoms with E-state index in [0.717, 1.165) is 0 Å². The van der Waals surface area contributed by atoms with Crippen molar-refractivity contribution in [1.82, 2.24) is 0 Å². The topological polar surface area (TPSA) is 26.3 Å². The van der Waals surface area contributed by atoms with Gasteiger partial charge in [-0.05, 0) is 18.2 Å². The third-order valence-corrected chi connectivity index (χ3v) is 2.46. The largest absolute Gasteiger partial charge is 0.489 e. The van der Waals surface area contributed by atoms with Crippen LogP contribution >= 0.6 is 0 Å². The van der Waals surface area contributed by atoms with Gasteiger partial charge in [0, 0.05) is 5.56 Å². The molecule has 0 radical (unpaired) electrons. The molecule has 0 heterocycles. The number of carbonyl (C=O) groups is 1. The Bertz CT molecular complexity index is 553. The molecule has 0 bridgehead atoms. The summed E-state index contributed by atoms with van der Waals surface area (Å²) >= 11 is 0. The van der Waals surface area contributed by atoms with Crippen molar-refractivity contribution in [1.29, 1.82) is 0 Å². The summed E-state index contributed by atoms with van der Waals surface area (Å²) in [5, 5.41) is 0. The monoisotopic (exact) mass is 248 g/mol. The first-order valence-electron chi connectivity index (χ1n) is 5.32. The van der Waals surface area contributed by atoms with E-state index in [1.54, 1.807) is 24.3 Å². The average Bonchev–Trinajstić information content (AvgIpc) is 2.42. The molecule has 0 saturated carbocycles. The minimum Gasteiger partial charge on any atom is -0.489 e. The van der Waals surface area contributed by atoms with Gasteiger partial charge in [-0.15, -0.1) is 0 Å². The van der Waals surface area contributed by atoms with E-state index in [1.807, 2.05) is 6.07 Å². The van der Waals surface area contributed by atoms with Crippen LogP contribution < -0.4 is 4.74 Å². The lowest BCUT2D eigenvalue weighted by molar-refractivity contribution is 0.111. The Hall–Kier alpha value is -2.23. The molecular weight excluding hydrogens is 238 g/mol. The van der Waals surface area contributed by atoms with Crippen LogP contribution in [0.2, 0.25) is 0 Å². The normalized spacial score (nSPS) is 10.1. The van der Waals surface area contributed by atoms with Gasteiger partial charge in [-0.25, -0.2) is 8.78 Å². The minimum absolute atomic E-state index is 0.0713. The highest BCUT2D eigenvalue weighted by Crippen LogP contribution is 2.17. The first kappa shape index (κ1) is 12.2. The highest BCUT2D eigenvalue weighted by Gasteiger charge is 2.13. The van der Waals surface area contributed by atoms with Crippen molar-refractivity contribution in [2.24, 2.45) is 0 Å². The molecule has 0 unspecified atom stereocenters. The molecule has 2 aromatic carbocycles. The second-order valence-corrected chi connectivity index (χ2v) is 3.66. The van der Waals surface area contributed by atoms with Gasteiger partial charge in [0.05, 0.1) is 5.56 Å². The zero-order chi connectivity index (χ0) is 13.0. The molecule has 18 heavy (non-hydrogen) atoms. The Balaban J connectivity index is 2.15. The van der Waals surface area contributed by atoms with E-state index in [-0.39, 0.29) is 24.0 Å². The summed E-state index contributed by atoms with van der Waals surface area (Å²) in [6, 6.07) is 11.4. The molecule has 0 fully saturated rings. The summed E-state index contributed by atoms with van der Waals surface area (Å²) in [5.41, 5.74) is -0.224. The lowest BCUT2D eigenvalue weighted by Crippen LogP contribution is -2.03. The molecule has 0 atom stereocenters. The molecular formula is C14H10F2O2. The van der Waals surface area contributed by atoms with Gasteiger partial charge in [-0.1, -0.05) is 24.3 Å². The number of hydrogen-bond donors (Lipinski definition) is 0. The van der Waals surface area contributed by atoms with E-state index in [4.69, 9.17) is 4.74 Å². The van der Waals surface area contributed by atoms with Gasteiger partial charge in [0.25, 0.3) is 0 Å². The van der Waals surface area contributed by atoms with Crippen LogP contribution in [0, 0.1) is 11.6 Å². The smallest absolute Gasteiger partial charge is 0.169 e. The Morgan fingerprint density at radius 1 is 1.00 bits per heavy atom. The summed E-state index contributed by atoms with van der Waals surface area (Å²) in [6.07, 6.45) is 0.278. The summed E-state index contributed by atoms with van der Waals surface area (Å²) in [4.78, 5) is 10.4. The van der Waals surface area contributed by atoms with E-state index in [1.165, 1.54) is 12.1 Å². The fourth-order valence-electron chi connectivity index (χ4n) is 1.48.